The molecule has 0 aliphatic rings. The highest BCUT2D eigenvalue weighted by Gasteiger charge is 2.14. The smallest absolute Gasteiger partial charge is 0.251 e. The van der Waals surface area contributed by atoms with Crippen molar-refractivity contribution < 1.29 is 13.2 Å². The van der Waals surface area contributed by atoms with Crippen LogP contribution in [0, 0.1) is 0 Å². The minimum Gasteiger partial charge on any atom is -0.351 e. The molecule has 0 aliphatic carbocycles. The van der Waals surface area contributed by atoms with Gasteiger partial charge in [-0.05, 0) is 41.0 Å². The van der Waals surface area contributed by atoms with E-state index in [0.29, 0.717) is 5.56 Å². The Morgan fingerprint density at radius 1 is 0.889 bits per heavy atom. The summed E-state index contributed by atoms with van der Waals surface area (Å²) in [4.78, 5) is 12.7. The third kappa shape index (κ3) is 4.53. The molecule has 2 N–H and O–H groups in total. The molecule has 0 atom stereocenters. The predicted octanol–water partition coefficient (Wildman–Crippen LogP) is 3.11. The van der Waals surface area contributed by atoms with Gasteiger partial charge in [-0.25, -0.2) is 13.1 Å². The van der Waals surface area contributed by atoms with Gasteiger partial charge in [-0.15, -0.1) is 0 Å². The molecule has 1 amide bonds. The van der Waals surface area contributed by atoms with Crippen molar-refractivity contribution in [2.24, 2.45) is 0 Å². The molecule has 0 aromatic heterocycles. The normalized spacial score (nSPS) is 11.4. The number of fused-ring (bicyclic) bond motifs is 1. The summed E-state index contributed by atoms with van der Waals surface area (Å²) < 4.78 is 27.1. The van der Waals surface area contributed by atoms with Crippen molar-refractivity contribution in [1.82, 2.24) is 10.0 Å². The summed E-state index contributed by atoms with van der Waals surface area (Å²) in [5.41, 5.74) is 1.66. The third-order valence-corrected chi connectivity index (χ3v) is 5.86. The first-order valence-corrected chi connectivity index (χ1v) is 10.3. The Bertz CT molecular complexity index is 1040. The fraction of sp³-hybridized carbons (Fsp3) is 0.190. The van der Waals surface area contributed by atoms with E-state index >= 15 is 0 Å². The molecule has 0 bridgehead atoms. The standard InChI is InChI=1S/C21H22N2O3S/c1-2-16-10-12-18(13-11-16)27(25,26)23-15-14-22-21(24)20-9-5-7-17-6-3-4-8-19(17)20/h3-13,23H,2,14-15H2,1H3,(H,22,24). The number of nitrogens with one attached hydrogen (secondary N) is 2. The Hall–Kier alpha value is -2.70. The van der Waals surface area contributed by atoms with Gasteiger partial charge in [0.15, 0.2) is 0 Å². The lowest BCUT2D eigenvalue weighted by molar-refractivity contribution is 0.0956. The van der Waals surface area contributed by atoms with Crippen molar-refractivity contribution in [2.45, 2.75) is 18.2 Å². The molecular formula is C21H22N2O3S. The zero-order valence-electron chi connectivity index (χ0n) is 15.1. The van der Waals surface area contributed by atoms with Gasteiger partial charge in [0.2, 0.25) is 10.0 Å². The van der Waals surface area contributed by atoms with Crippen molar-refractivity contribution in [3.63, 3.8) is 0 Å². The quantitative estimate of drug-likeness (QED) is 0.617. The summed E-state index contributed by atoms with van der Waals surface area (Å²) in [7, 11) is -3.58. The summed E-state index contributed by atoms with van der Waals surface area (Å²) in [6.45, 7) is 2.34. The minimum atomic E-state index is -3.58. The van der Waals surface area contributed by atoms with Crippen LogP contribution in [0.15, 0.2) is 71.6 Å². The maximum absolute atomic E-state index is 12.4. The van der Waals surface area contributed by atoms with Gasteiger partial charge in [0.25, 0.3) is 5.91 Å². The van der Waals surface area contributed by atoms with Crippen LogP contribution in [0.3, 0.4) is 0 Å². The number of aryl methyl sites for hydroxylation is 1. The third-order valence-electron chi connectivity index (χ3n) is 4.38. The number of amides is 1. The van der Waals surface area contributed by atoms with Crippen molar-refractivity contribution >= 4 is 26.7 Å². The maximum atomic E-state index is 12.4. The molecule has 0 heterocycles. The van der Waals surface area contributed by atoms with E-state index in [2.05, 4.69) is 10.0 Å². The first-order chi connectivity index (χ1) is 13.0. The highest BCUT2D eigenvalue weighted by atomic mass is 32.2. The van der Waals surface area contributed by atoms with Crippen LogP contribution in [0.4, 0.5) is 0 Å². The lowest BCUT2D eigenvalue weighted by Gasteiger charge is -2.10. The Kier molecular flexibility index (Phi) is 5.88. The Labute approximate surface area is 159 Å². The summed E-state index contributed by atoms with van der Waals surface area (Å²) in [5.74, 6) is -0.224. The number of benzene rings is 3. The summed E-state index contributed by atoms with van der Waals surface area (Å²) in [6.07, 6.45) is 0.855. The fourth-order valence-electron chi connectivity index (χ4n) is 2.87. The zero-order chi connectivity index (χ0) is 19.3. The molecule has 0 fully saturated rings. The Morgan fingerprint density at radius 2 is 1.59 bits per heavy atom. The van der Waals surface area contributed by atoms with Crippen LogP contribution in [-0.2, 0) is 16.4 Å². The van der Waals surface area contributed by atoms with Crippen molar-refractivity contribution in [3.05, 3.63) is 77.9 Å². The van der Waals surface area contributed by atoms with Crippen LogP contribution in [0.5, 0.6) is 0 Å². The van der Waals surface area contributed by atoms with E-state index in [4.69, 9.17) is 0 Å². The first kappa shape index (κ1) is 19.1. The molecule has 5 nitrogen and oxygen atoms in total. The number of carbonyl (C=O) groups is 1. The Balaban J connectivity index is 1.58. The lowest BCUT2D eigenvalue weighted by atomic mass is 10.0. The van der Waals surface area contributed by atoms with E-state index in [1.807, 2.05) is 43.3 Å². The van der Waals surface area contributed by atoms with Gasteiger partial charge < -0.3 is 5.32 Å². The van der Waals surface area contributed by atoms with Gasteiger partial charge in [0.1, 0.15) is 0 Å². The molecule has 0 spiro atoms. The van der Waals surface area contributed by atoms with Gasteiger partial charge in [-0.3, -0.25) is 4.79 Å². The second-order valence-electron chi connectivity index (χ2n) is 6.18. The second kappa shape index (κ2) is 8.33. The van der Waals surface area contributed by atoms with Crippen molar-refractivity contribution in [1.29, 1.82) is 0 Å². The zero-order valence-corrected chi connectivity index (χ0v) is 15.9. The van der Waals surface area contributed by atoms with Crippen LogP contribution in [0.2, 0.25) is 0 Å². The molecule has 6 heteroatoms. The topological polar surface area (TPSA) is 75.3 Å². The van der Waals surface area contributed by atoms with Gasteiger partial charge in [0.05, 0.1) is 4.90 Å². The first-order valence-electron chi connectivity index (χ1n) is 8.86. The van der Waals surface area contributed by atoms with Crippen LogP contribution >= 0.6 is 0 Å². The predicted molar refractivity (Wildman–Crippen MR) is 107 cm³/mol. The number of sulfonamides is 1. The number of rotatable bonds is 7. The number of hydrogen-bond acceptors (Lipinski definition) is 3. The monoisotopic (exact) mass is 382 g/mol. The fourth-order valence-corrected chi connectivity index (χ4v) is 3.90. The molecule has 140 valence electrons. The van der Waals surface area contributed by atoms with Crippen molar-refractivity contribution in [3.8, 4) is 0 Å². The summed E-state index contributed by atoms with van der Waals surface area (Å²) in [6, 6.07) is 20.0. The van der Waals surface area contributed by atoms with E-state index in [1.165, 1.54) is 0 Å². The van der Waals surface area contributed by atoms with Crippen LogP contribution < -0.4 is 10.0 Å². The van der Waals surface area contributed by atoms with Gasteiger partial charge in [-0.2, -0.15) is 0 Å². The molecule has 3 aromatic carbocycles. The van der Waals surface area contributed by atoms with Crippen LogP contribution in [-0.4, -0.2) is 27.4 Å². The minimum absolute atomic E-state index is 0.119. The Morgan fingerprint density at radius 3 is 2.33 bits per heavy atom. The molecule has 0 saturated heterocycles. The molecule has 0 aliphatic heterocycles. The second-order valence-corrected chi connectivity index (χ2v) is 7.94. The summed E-state index contributed by atoms with van der Waals surface area (Å²) in [5, 5.41) is 4.62. The van der Waals surface area contributed by atoms with Gasteiger partial charge in [0, 0.05) is 18.7 Å². The highest BCUT2D eigenvalue weighted by Crippen LogP contribution is 2.18. The average Bonchev–Trinajstić information content (AvgIpc) is 2.70. The molecule has 0 radical (unpaired) electrons. The van der Waals surface area contributed by atoms with Gasteiger partial charge >= 0.3 is 0 Å². The van der Waals surface area contributed by atoms with Crippen LogP contribution in [0.25, 0.3) is 10.8 Å². The highest BCUT2D eigenvalue weighted by molar-refractivity contribution is 7.89. The van der Waals surface area contributed by atoms with E-state index in [1.54, 1.807) is 30.3 Å². The van der Waals surface area contributed by atoms with Gasteiger partial charge in [-0.1, -0.05) is 55.5 Å². The maximum Gasteiger partial charge on any atom is 0.251 e. The molecule has 27 heavy (non-hydrogen) atoms. The molecule has 3 rings (SSSR count). The SMILES string of the molecule is CCc1ccc(S(=O)(=O)NCCNC(=O)c2cccc3ccccc23)cc1. The lowest BCUT2D eigenvalue weighted by Crippen LogP contribution is -2.34. The number of carbonyl (C=O) groups excluding carboxylic acids is 1. The molecule has 0 unspecified atom stereocenters. The summed E-state index contributed by atoms with van der Waals surface area (Å²) >= 11 is 0. The average molecular weight is 382 g/mol. The van der Waals surface area contributed by atoms with E-state index < -0.39 is 10.0 Å². The van der Waals surface area contributed by atoms with E-state index in [-0.39, 0.29) is 23.9 Å². The van der Waals surface area contributed by atoms with Crippen LogP contribution in [0.1, 0.15) is 22.8 Å². The van der Waals surface area contributed by atoms with E-state index in [9.17, 15) is 13.2 Å². The molecule has 3 aromatic rings. The largest absolute Gasteiger partial charge is 0.351 e. The van der Waals surface area contributed by atoms with E-state index in [0.717, 1.165) is 22.8 Å². The number of hydrogen-bond donors (Lipinski definition) is 2. The molecular weight excluding hydrogens is 360 g/mol. The molecule has 0 saturated carbocycles. The van der Waals surface area contributed by atoms with Crippen molar-refractivity contribution in [2.75, 3.05) is 13.1 Å².